The van der Waals surface area contributed by atoms with E-state index in [1.165, 1.54) is 0 Å². The second-order valence-electron chi connectivity index (χ2n) is 4.24. The van der Waals surface area contributed by atoms with Crippen molar-refractivity contribution in [3.8, 4) is 0 Å². The van der Waals surface area contributed by atoms with E-state index in [1.807, 2.05) is 26.0 Å². The van der Waals surface area contributed by atoms with E-state index in [2.05, 4.69) is 5.32 Å². The fourth-order valence-electron chi connectivity index (χ4n) is 1.83. The zero-order chi connectivity index (χ0) is 14.0. The van der Waals surface area contributed by atoms with E-state index in [9.17, 15) is 9.59 Å². The fourth-order valence-corrected chi connectivity index (χ4v) is 2.52. The predicted molar refractivity (Wildman–Crippen MR) is 75.1 cm³/mol. The lowest BCUT2D eigenvalue weighted by Crippen LogP contribution is -2.14. The Labute approximate surface area is 114 Å². The standard InChI is InChI=1S/C14H13NO3S/c1-8-3-4-10(9(2)7-8)13(16)15-11-5-6-19-12(11)14(17)18/h3-7H,1-2H3,(H,15,16)(H,17,18). The molecule has 4 nitrogen and oxygen atoms in total. The van der Waals surface area contributed by atoms with Crippen LogP contribution in [-0.2, 0) is 0 Å². The van der Waals surface area contributed by atoms with Crippen molar-refractivity contribution in [1.29, 1.82) is 0 Å². The van der Waals surface area contributed by atoms with Crippen LogP contribution >= 0.6 is 11.3 Å². The van der Waals surface area contributed by atoms with E-state index >= 15 is 0 Å². The lowest BCUT2D eigenvalue weighted by molar-refractivity contribution is 0.0703. The molecule has 0 unspecified atom stereocenters. The topological polar surface area (TPSA) is 66.4 Å². The van der Waals surface area contributed by atoms with Crippen molar-refractivity contribution in [2.45, 2.75) is 13.8 Å². The van der Waals surface area contributed by atoms with Gasteiger partial charge in [-0.25, -0.2) is 4.79 Å². The number of carbonyl (C=O) groups is 2. The van der Waals surface area contributed by atoms with E-state index < -0.39 is 5.97 Å². The van der Waals surface area contributed by atoms with Gasteiger partial charge in [0.1, 0.15) is 4.88 Å². The van der Waals surface area contributed by atoms with Gasteiger partial charge in [-0.05, 0) is 36.9 Å². The molecule has 2 N–H and O–H groups in total. The number of hydrogen-bond donors (Lipinski definition) is 2. The van der Waals surface area contributed by atoms with Gasteiger partial charge in [-0.15, -0.1) is 11.3 Å². The Morgan fingerprint density at radius 3 is 2.58 bits per heavy atom. The number of nitrogens with one attached hydrogen (secondary N) is 1. The van der Waals surface area contributed by atoms with Gasteiger partial charge < -0.3 is 10.4 Å². The number of carboxylic acid groups (broad SMARTS) is 1. The third-order valence-corrected chi connectivity index (χ3v) is 3.64. The average Bonchev–Trinajstić information content (AvgIpc) is 2.76. The van der Waals surface area contributed by atoms with E-state index in [1.54, 1.807) is 17.5 Å². The minimum Gasteiger partial charge on any atom is -0.477 e. The molecule has 0 aliphatic carbocycles. The second kappa shape index (κ2) is 5.24. The number of amides is 1. The largest absolute Gasteiger partial charge is 0.477 e. The highest BCUT2D eigenvalue weighted by atomic mass is 32.1. The van der Waals surface area contributed by atoms with Gasteiger partial charge in [-0.3, -0.25) is 4.79 Å². The van der Waals surface area contributed by atoms with E-state index in [0.717, 1.165) is 22.5 Å². The van der Waals surface area contributed by atoms with Crippen molar-refractivity contribution in [2.24, 2.45) is 0 Å². The first-order chi connectivity index (χ1) is 8.99. The van der Waals surface area contributed by atoms with Crippen molar-refractivity contribution >= 4 is 28.9 Å². The Morgan fingerprint density at radius 2 is 1.95 bits per heavy atom. The van der Waals surface area contributed by atoms with Gasteiger partial charge in [0.25, 0.3) is 5.91 Å². The Hall–Kier alpha value is -2.14. The van der Waals surface area contributed by atoms with E-state index in [-0.39, 0.29) is 10.8 Å². The first kappa shape index (κ1) is 13.3. The molecule has 0 atom stereocenters. The second-order valence-corrected chi connectivity index (χ2v) is 5.16. The molecule has 19 heavy (non-hydrogen) atoms. The fraction of sp³-hybridized carbons (Fsp3) is 0.143. The monoisotopic (exact) mass is 275 g/mol. The van der Waals surface area contributed by atoms with E-state index in [4.69, 9.17) is 5.11 Å². The van der Waals surface area contributed by atoms with E-state index in [0.29, 0.717) is 11.3 Å². The number of carboxylic acids is 1. The number of benzene rings is 1. The van der Waals surface area contributed by atoms with Crippen molar-refractivity contribution in [3.05, 3.63) is 51.2 Å². The van der Waals surface area contributed by atoms with Crippen molar-refractivity contribution < 1.29 is 14.7 Å². The molecule has 0 spiro atoms. The molecule has 98 valence electrons. The third kappa shape index (κ3) is 2.82. The summed E-state index contributed by atoms with van der Waals surface area (Å²) in [7, 11) is 0. The summed E-state index contributed by atoms with van der Waals surface area (Å²) in [6.45, 7) is 3.81. The molecule has 0 saturated carbocycles. The zero-order valence-corrected chi connectivity index (χ0v) is 11.4. The van der Waals surface area contributed by atoms with Crippen molar-refractivity contribution in [3.63, 3.8) is 0 Å². The highest BCUT2D eigenvalue weighted by molar-refractivity contribution is 7.12. The van der Waals surface area contributed by atoms with Crippen LogP contribution in [0.15, 0.2) is 29.6 Å². The molecule has 0 saturated heterocycles. The van der Waals surface area contributed by atoms with Crippen LogP contribution in [0.3, 0.4) is 0 Å². The van der Waals surface area contributed by atoms with Crippen molar-refractivity contribution in [1.82, 2.24) is 0 Å². The highest BCUT2D eigenvalue weighted by Crippen LogP contribution is 2.23. The maximum Gasteiger partial charge on any atom is 0.348 e. The molecule has 1 aromatic heterocycles. The third-order valence-electron chi connectivity index (χ3n) is 2.73. The molecule has 1 aromatic carbocycles. The van der Waals surface area contributed by atoms with Gasteiger partial charge in [0.05, 0.1) is 5.69 Å². The molecule has 1 heterocycles. The maximum atomic E-state index is 12.1. The van der Waals surface area contributed by atoms with Gasteiger partial charge in [0.2, 0.25) is 0 Å². The normalized spacial score (nSPS) is 10.2. The number of anilines is 1. The zero-order valence-electron chi connectivity index (χ0n) is 10.6. The van der Waals surface area contributed by atoms with Crippen LogP contribution in [0.4, 0.5) is 5.69 Å². The number of aryl methyl sites for hydroxylation is 2. The predicted octanol–water partition coefficient (Wildman–Crippen LogP) is 3.32. The smallest absolute Gasteiger partial charge is 0.348 e. The molecule has 1 amide bonds. The molecule has 0 radical (unpaired) electrons. The minimum absolute atomic E-state index is 0.137. The quantitative estimate of drug-likeness (QED) is 0.903. The van der Waals surface area contributed by atoms with Gasteiger partial charge >= 0.3 is 5.97 Å². The van der Waals surface area contributed by atoms with Crippen molar-refractivity contribution in [2.75, 3.05) is 5.32 Å². The highest BCUT2D eigenvalue weighted by Gasteiger charge is 2.15. The van der Waals surface area contributed by atoms with Crippen LogP contribution in [-0.4, -0.2) is 17.0 Å². The van der Waals surface area contributed by atoms with Gasteiger partial charge in [-0.2, -0.15) is 0 Å². The summed E-state index contributed by atoms with van der Waals surface area (Å²) in [6.07, 6.45) is 0. The molecule has 0 aliphatic heterocycles. The molecule has 0 fully saturated rings. The molecule has 2 rings (SSSR count). The Morgan fingerprint density at radius 1 is 1.21 bits per heavy atom. The molecule has 0 bridgehead atoms. The van der Waals surface area contributed by atoms with Crippen LogP contribution in [0.25, 0.3) is 0 Å². The van der Waals surface area contributed by atoms with Gasteiger partial charge in [0.15, 0.2) is 0 Å². The first-order valence-electron chi connectivity index (χ1n) is 5.68. The number of carbonyl (C=O) groups excluding carboxylic acids is 1. The number of hydrogen-bond acceptors (Lipinski definition) is 3. The van der Waals surface area contributed by atoms with Gasteiger partial charge in [0, 0.05) is 5.56 Å². The summed E-state index contributed by atoms with van der Waals surface area (Å²) < 4.78 is 0. The lowest BCUT2D eigenvalue weighted by Gasteiger charge is -2.08. The maximum absolute atomic E-state index is 12.1. The van der Waals surface area contributed by atoms with Crippen LogP contribution in [0, 0.1) is 13.8 Å². The van der Waals surface area contributed by atoms with Crippen LogP contribution < -0.4 is 5.32 Å². The summed E-state index contributed by atoms with van der Waals surface area (Å²) in [5.74, 6) is -1.33. The van der Waals surface area contributed by atoms with Crippen LogP contribution in [0.2, 0.25) is 0 Å². The SMILES string of the molecule is Cc1ccc(C(=O)Nc2ccsc2C(=O)O)c(C)c1. The summed E-state index contributed by atoms with van der Waals surface area (Å²) in [6, 6.07) is 7.11. The number of aromatic carboxylic acids is 1. The first-order valence-corrected chi connectivity index (χ1v) is 6.56. The number of thiophene rings is 1. The Kier molecular flexibility index (Phi) is 3.66. The molecule has 5 heteroatoms. The Bertz CT molecular complexity index is 646. The molecule has 2 aromatic rings. The molecular formula is C14H13NO3S. The molecular weight excluding hydrogens is 262 g/mol. The summed E-state index contributed by atoms with van der Waals surface area (Å²) in [5, 5.41) is 13.3. The summed E-state index contributed by atoms with van der Waals surface area (Å²) in [4.78, 5) is 23.2. The summed E-state index contributed by atoms with van der Waals surface area (Å²) >= 11 is 1.09. The van der Waals surface area contributed by atoms with Crippen LogP contribution in [0.1, 0.15) is 31.2 Å². The lowest BCUT2D eigenvalue weighted by atomic mass is 10.1. The average molecular weight is 275 g/mol. The Balaban J connectivity index is 2.26. The van der Waals surface area contributed by atoms with Crippen LogP contribution in [0.5, 0.6) is 0 Å². The van der Waals surface area contributed by atoms with Gasteiger partial charge in [-0.1, -0.05) is 17.7 Å². The minimum atomic E-state index is -1.04. The molecule has 0 aliphatic rings. The summed E-state index contributed by atoms with van der Waals surface area (Å²) in [5.41, 5.74) is 2.83. The number of rotatable bonds is 3.